The van der Waals surface area contributed by atoms with Gasteiger partial charge in [-0.3, -0.25) is 9.59 Å². The van der Waals surface area contributed by atoms with Crippen LogP contribution in [0.25, 0.3) is 11.4 Å². The molecule has 0 aliphatic carbocycles. The lowest BCUT2D eigenvalue weighted by Crippen LogP contribution is -2.45. The molecule has 0 spiro atoms. The molecule has 7 heteroatoms. The van der Waals surface area contributed by atoms with E-state index in [4.69, 9.17) is 4.52 Å². The highest BCUT2D eigenvalue weighted by Crippen LogP contribution is 2.22. The fourth-order valence-electron chi connectivity index (χ4n) is 3.53. The van der Waals surface area contributed by atoms with Crippen molar-refractivity contribution in [2.45, 2.75) is 32.4 Å². The maximum Gasteiger partial charge on any atom is 0.254 e. The number of nitrogens with zero attached hydrogens (tertiary/aromatic N) is 3. The van der Waals surface area contributed by atoms with E-state index in [-0.39, 0.29) is 11.8 Å². The van der Waals surface area contributed by atoms with Crippen molar-refractivity contribution in [3.63, 3.8) is 0 Å². The van der Waals surface area contributed by atoms with E-state index in [0.29, 0.717) is 36.8 Å². The van der Waals surface area contributed by atoms with E-state index in [1.165, 1.54) is 0 Å². The molecule has 1 aliphatic rings. The first-order chi connectivity index (χ1) is 14.1. The van der Waals surface area contributed by atoms with Crippen LogP contribution in [0, 0.1) is 6.92 Å². The Hall–Kier alpha value is -3.48. The Morgan fingerprint density at radius 1 is 1.14 bits per heavy atom. The van der Waals surface area contributed by atoms with Crippen molar-refractivity contribution >= 4 is 11.8 Å². The van der Waals surface area contributed by atoms with Crippen molar-refractivity contribution in [3.05, 3.63) is 71.6 Å². The molecule has 1 aliphatic heterocycles. The number of benzene rings is 2. The number of aromatic nitrogens is 2. The number of carbonyl (C=O) groups is 2. The third-order valence-corrected chi connectivity index (χ3v) is 5.04. The summed E-state index contributed by atoms with van der Waals surface area (Å²) in [6.07, 6.45) is 1.49. The van der Waals surface area contributed by atoms with E-state index in [2.05, 4.69) is 15.5 Å². The summed E-state index contributed by atoms with van der Waals surface area (Å²) in [5, 5.41) is 6.83. The number of nitrogens with one attached hydrogen (secondary N) is 1. The van der Waals surface area contributed by atoms with E-state index in [1.807, 2.05) is 30.3 Å². The molecule has 0 radical (unpaired) electrons. The largest absolute Gasteiger partial charge is 0.350 e. The average molecular weight is 390 g/mol. The lowest BCUT2D eigenvalue weighted by atomic mass is 10.1. The maximum absolute atomic E-state index is 13.0. The molecule has 1 saturated heterocycles. The standard InChI is InChI=1S/C22H22N4O3/c1-15-24-20(25-29-15)17-9-11-18(12-10-17)22(28)26-13-5-8-19(26)21(27)23-14-16-6-3-2-4-7-16/h2-4,6-7,9-12,19H,5,8,13-14H2,1H3,(H,23,27). The average Bonchev–Trinajstić information content (AvgIpc) is 3.42. The zero-order valence-corrected chi connectivity index (χ0v) is 16.2. The van der Waals surface area contributed by atoms with E-state index < -0.39 is 6.04 Å². The third-order valence-electron chi connectivity index (χ3n) is 5.04. The fraction of sp³-hybridized carbons (Fsp3) is 0.273. The van der Waals surface area contributed by atoms with Crippen LogP contribution >= 0.6 is 0 Å². The van der Waals surface area contributed by atoms with Gasteiger partial charge in [0.05, 0.1) is 0 Å². The molecule has 1 fully saturated rings. The van der Waals surface area contributed by atoms with Gasteiger partial charge >= 0.3 is 0 Å². The van der Waals surface area contributed by atoms with E-state index in [9.17, 15) is 9.59 Å². The number of hydrogen-bond donors (Lipinski definition) is 1. The van der Waals surface area contributed by atoms with Crippen molar-refractivity contribution < 1.29 is 14.1 Å². The number of carbonyl (C=O) groups excluding carboxylic acids is 2. The molecular weight excluding hydrogens is 368 g/mol. The Morgan fingerprint density at radius 2 is 1.90 bits per heavy atom. The summed E-state index contributed by atoms with van der Waals surface area (Å²) in [4.78, 5) is 31.5. The molecular formula is C22H22N4O3. The summed E-state index contributed by atoms with van der Waals surface area (Å²) in [5.74, 6) is 0.721. The third kappa shape index (κ3) is 4.18. The quantitative estimate of drug-likeness (QED) is 0.724. The Balaban J connectivity index is 1.42. The van der Waals surface area contributed by atoms with E-state index in [1.54, 1.807) is 36.1 Å². The van der Waals surface area contributed by atoms with Crippen molar-refractivity contribution in [1.82, 2.24) is 20.4 Å². The number of hydrogen-bond acceptors (Lipinski definition) is 5. The van der Waals surface area contributed by atoms with E-state index in [0.717, 1.165) is 17.5 Å². The molecule has 2 amide bonds. The molecule has 4 rings (SSSR count). The van der Waals surface area contributed by atoms with Gasteiger partial charge in [0.15, 0.2) is 0 Å². The van der Waals surface area contributed by atoms with Gasteiger partial charge in [-0.15, -0.1) is 0 Å². The van der Waals surface area contributed by atoms with Gasteiger partial charge in [-0.2, -0.15) is 4.98 Å². The fourth-order valence-corrected chi connectivity index (χ4v) is 3.53. The minimum atomic E-state index is -0.439. The molecule has 29 heavy (non-hydrogen) atoms. The summed E-state index contributed by atoms with van der Waals surface area (Å²) in [6.45, 7) is 2.76. The van der Waals surface area contributed by atoms with Crippen LogP contribution in [0.15, 0.2) is 59.1 Å². The van der Waals surface area contributed by atoms with Gasteiger partial charge in [0.1, 0.15) is 6.04 Å². The van der Waals surface area contributed by atoms with Gasteiger partial charge in [-0.05, 0) is 30.5 Å². The van der Waals surface area contributed by atoms with Crippen LogP contribution in [-0.4, -0.2) is 39.4 Å². The lowest BCUT2D eigenvalue weighted by molar-refractivity contribution is -0.125. The van der Waals surface area contributed by atoms with Crippen molar-refractivity contribution in [1.29, 1.82) is 0 Å². The Labute approximate surface area is 168 Å². The van der Waals surface area contributed by atoms with Gasteiger partial charge in [0.2, 0.25) is 17.6 Å². The lowest BCUT2D eigenvalue weighted by Gasteiger charge is -2.24. The van der Waals surface area contributed by atoms with Gasteiger partial charge in [0, 0.05) is 31.1 Å². The summed E-state index contributed by atoms with van der Waals surface area (Å²) in [6, 6.07) is 16.4. The van der Waals surface area contributed by atoms with Crippen LogP contribution in [0.3, 0.4) is 0 Å². The summed E-state index contributed by atoms with van der Waals surface area (Å²) in [7, 11) is 0. The van der Waals surface area contributed by atoms with Crippen LogP contribution in [0.5, 0.6) is 0 Å². The molecule has 2 heterocycles. The second-order valence-corrected chi connectivity index (χ2v) is 7.07. The molecule has 3 aromatic rings. The van der Waals surface area contributed by atoms with Gasteiger partial charge in [-0.1, -0.05) is 47.6 Å². The first-order valence-corrected chi connectivity index (χ1v) is 9.65. The second kappa shape index (κ2) is 8.26. The maximum atomic E-state index is 13.0. The first kappa shape index (κ1) is 18.9. The highest BCUT2D eigenvalue weighted by atomic mass is 16.5. The van der Waals surface area contributed by atoms with Crippen molar-refractivity contribution in [3.8, 4) is 11.4 Å². The molecule has 0 bridgehead atoms. The van der Waals surface area contributed by atoms with Crippen LogP contribution in [0.4, 0.5) is 0 Å². The van der Waals surface area contributed by atoms with Crippen LogP contribution in [0.2, 0.25) is 0 Å². The predicted octanol–water partition coefficient (Wildman–Crippen LogP) is 2.97. The Kier molecular flexibility index (Phi) is 5.37. The first-order valence-electron chi connectivity index (χ1n) is 9.65. The minimum Gasteiger partial charge on any atom is -0.350 e. The second-order valence-electron chi connectivity index (χ2n) is 7.07. The summed E-state index contributed by atoms with van der Waals surface area (Å²) < 4.78 is 4.99. The monoisotopic (exact) mass is 390 g/mol. The molecule has 7 nitrogen and oxygen atoms in total. The number of rotatable bonds is 5. The summed E-state index contributed by atoms with van der Waals surface area (Å²) >= 11 is 0. The smallest absolute Gasteiger partial charge is 0.254 e. The molecule has 2 aromatic carbocycles. The number of amides is 2. The van der Waals surface area contributed by atoms with Gasteiger partial charge in [0.25, 0.3) is 5.91 Å². The van der Waals surface area contributed by atoms with Crippen LogP contribution in [-0.2, 0) is 11.3 Å². The minimum absolute atomic E-state index is 0.112. The SMILES string of the molecule is Cc1nc(-c2ccc(C(=O)N3CCCC3C(=O)NCc3ccccc3)cc2)no1. The zero-order valence-electron chi connectivity index (χ0n) is 16.2. The molecule has 1 aromatic heterocycles. The molecule has 1 atom stereocenters. The topological polar surface area (TPSA) is 88.3 Å². The normalized spacial score (nSPS) is 16.0. The number of aryl methyl sites for hydroxylation is 1. The van der Waals surface area contributed by atoms with Gasteiger partial charge in [-0.25, -0.2) is 0 Å². The van der Waals surface area contributed by atoms with Gasteiger partial charge < -0.3 is 14.7 Å². The zero-order chi connectivity index (χ0) is 20.2. The predicted molar refractivity (Wildman–Crippen MR) is 107 cm³/mol. The Bertz CT molecular complexity index is 998. The molecule has 148 valence electrons. The molecule has 1 N–H and O–H groups in total. The van der Waals surface area contributed by atoms with Crippen LogP contribution in [0.1, 0.15) is 34.7 Å². The highest BCUT2D eigenvalue weighted by Gasteiger charge is 2.34. The molecule has 1 unspecified atom stereocenters. The molecule has 0 saturated carbocycles. The number of likely N-dealkylation sites (tertiary alicyclic amines) is 1. The van der Waals surface area contributed by atoms with E-state index >= 15 is 0 Å². The van der Waals surface area contributed by atoms with Crippen molar-refractivity contribution in [2.75, 3.05) is 6.54 Å². The van der Waals surface area contributed by atoms with Crippen LogP contribution < -0.4 is 5.32 Å². The Morgan fingerprint density at radius 3 is 2.59 bits per heavy atom. The highest BCUT2D eigenvalue weighted by molar-refractivity contribution is 5.98. The summed E-state index contributed by atoms with van der Waals surface area (Å²) in [5.41, 5.74) is 2.35. The van der Waals surface area contributed by atoms with Crippen molar-refractivity contribution in [2.24, 2.45) is 0 Å².